The van der Waals surface area contributed by atoms with Gasteiger partial charge in [-0.15, -0.1) is 11.3 Å². The molecule has 0 spiro atoms. The lowest BCUT2D eigenvalue weighted by Gasteiger charge is -2.37. The minimum absolute atomic E-state index is 0.0835. The molecular weight excluding hydrogens is 555 g/mol. The monoisotopic (exact) mass is 583 g/mol. The van der Waals surface area contributed by atoms with E-state index >= 15 is 0 Å². The maximum atomic E-state index is 14.0. The van der Waals surface area contributed by atoms with Gasteiger partial charge in [0.2, 0.25) is 15.9 Å². The van der Waals surface area contributed by atoms with Gasteiger partial charge in [0, 0.05) is 11.1 Å². The van der Waals surface area contributed by atoms with Gasteiger partial charge in [0.1, 0.15) is 11.0 Å². The second-order valence-electron chi connectivity index (χ2n) is 11.3. The molecule has 1 saturated heterocycles. The molecule has 1 aliphatic heterocycles. The largest absolute Gasteiger partial charge is 0.274 e. The average molecular weight is 584 g/mol. The Labute approximate surface area is 243 Å². The molecule has 1 fully saturated rings. The summed E-state index contributed by atoms with van der Waals surface area (Å²) in [5.41, 5.74) is 2.40. The fourth-order valence-electron chi connectivity index (χ4n) is 5.42. The van der Waals surface area contributed by atoms with Gasteiger partial charge in [-0.3, -0.25) is 9.59 Å². The Bertz CT molecular complexity index is 1940. The number of hydrogen-bond donors (Lipinski definition) is 0. The standard InChI is InChI=1S/C32H29N3O4S2/c1-20-9-16-26-28(17-20)40-30(33-26)22-10-13-24(14-11-22)34-29(36)19-27(31(34)37)35(32(2,3)4)41(38,39)25-15-12-21-7-5-6-8-23(21)18-25/h5-18,27H,19H2,1-4H3. The zero-order chi connectivity index (χ0) is 29.1. The van der Waals surface area contributed by atoms with Crippen molar-refractivity contribution in [2.75, 3.05) is 4.90 Å². The summed E-state index contributed by atoms with van der Waals surface area (Å²) >= 11 is 1.58. The maximum Gasteiger partial charge on any atom is 0.252 e. The van der Waals surface area contributed by atoms with Crippen LogP contribution < -0.4 is 4.90 Å². The Morgan fingerprint density at radius 3 is 2.32 bits per heavy atom. The molecule has 6 rings (SSSR count). The van der Waals surface area contributed by atoms with Gasteiger partial charge in [-0.2, -0.15) is 4.31 Å². The highest BCUT2D eigenvalue weighted by atomic mass is 32.2. The van der Waals surface area contributed by atoms with Crippen LogP contribution in [0.15, 0.2) is 89.8 Å². The number of rotatable bonds is 5. The van der Waals surface area contributed by atoms with E-state index in [0.29, 0.717) is 5.69 Å². The number of carbonyl (C=O) groups excluding carboxylic acids is 2. The van der Waals surface area contributed by atoms with Gasteiger partial charge in [0.15, 0.2) is 0 Å². The third-order valence-electron chi connectivity index (χ3n) is 7.26. The topological polar surface area (TPSA) is 87.7 Å². The highest BCUT2D eigenvalue weighted by molar-refractivity contribution is 7.89. The summed E-state index contributed by atoms with van der Waals surface area (Å²) < 4.78 is 30.4. The number of benzene rings is 4. The summed E-state index contributed by atoms with van der Waals surface area (Å²) in [4.78, 5) is 32.9. The normalized spacial score (nSPS) is 16.4. The Morgan fingerprint density at radius 1 is 0.902 bits per heavy atom. The van der Waals surface area contributed by atoms with Crippen LogP contribution in [0.3, 0.4) is 0 Å². The van der Waals surface area contributed by atoms with Crippen LogP contribution in [0.1, 0.15) is 32.8 Å². The predicted molar refractivity (Wildman–Crippen MR) is 163 cm³/mol. The molecule has 0 bridgehead atoms. The van der Waals surface area contributed by atoms with Gasteiger partial charge in [-0.25, -0.2) is 18.3 Å². The van der Waals surface area contributed by atoms with E-state index in [9.17, 15) is 18.0 Å². The molecule has 2 heterocycles. The molecule has 41 heavy (non-hydrogen) atoms. The molecule has 1 atom stereocenters. The van der Waals surface area contributed by atoms with Gasteiger partial charge in [0.25, 0.3) is 5.91 Å². The number of aromatic nitrogens is 1. The summed E-state index contributed by atoms with van der Waals surface area (Å²) in [6, 6.07) is 24.5. The minimum atomic E-state index is -4.13. The smallest absolute Gasteiger partial charge is 0.252 e. The Balaban J connectivity index is 1.32. The molecule has 9 heteroatoms. The van der Waals surface area contributed by atoms with Crippen molar-refractivity contribution in [3.05, 3.63) is 90.5 Å². The fraction of sp³-hybridized carbons (Fsp3) is 0.219. The minimum Gasteiger partial charge on any atom is -0.274 e. The average Bonchev–Trinajstić information content (AvgIpc) is 3.47. The van der Waals surface area contributed by atoms with Crippen LogP contribution in [0.2, 0.25) is 0 Å². The lowest BCUT2D eigenvalue weighted by atomic mass is 10.1. The first-order chi connectivity index (χ1) is 19.4. The first kappa shape index (κ1) is 27.3. The first-order valence-electron chi connectivity index (χ1n) is 13.3. The number of fused-ring (bicyclic) bond motifs is 2. The van der Waals surface area contributed by atoms with E-state index in [1.165, 1.54) is 4.31 Å². The van der Waals surface area contributed by atoms with Gasteiger partial charge < -0.3 is 0 Å². The molecule has 1 unspecified atom stereocenters. The van der Waals surface area contributed by atoms with Gasteiger partial charge in [-0.1, -0.05) is 36.4 Å². The number of imide groups is 1. The Kier molecular flexibility index (Phi) is 6.56. The van der Waals surface area contributed by atoms with Crippen LogP contribution in [0.5, 0.6) is 0 Å². The lowest BCUT2D eigenvalue weighted by Crippen LogP contribution is -2.54. The molecule has 1 aromatic heterocycles. The second-order valence-corrected chi connectivity index (χ2v) is 14.2. The molecule has 2 amide bonds. The summed E-state index contributed by atoms with van der Waals surface area (Å²) in [5.74, 6) is -0.997. The van der Waals surface area contributed by atoms with E-state index in [0.717, 1.165) is 42.0 Å². The summed E-state index contributed by atoms with van der Waals surface area (Å²) in [5, 5.41) is 2.53. The lowest BCUT2D eigenvalue weighted by molar-refractivity contribution is -0.122. The molecule has 0 N–H and O–H groups in total. The van der Waals surface area contributed by atoms with Crippen molar-refractivity contribution in [3.8, 4) is 10.6 Å². The fourth-order valence-corrected chi connectivity index (χ4v) is 8.45. The molecule has 1 aliphatic rings. The van der Waals surface area contributed by atoms with E-state index in [4.69, 9.17) is 4.98 Å². The molecule has 4 aromatic carbocycles. The number of anilines is 1. The van der Waals surface area contributed by atoms with Crippen molar-refractivity contribution in [2.24, 2.45) is 0 Å². The Hall–Kier alpha value is -3.92. The number of aryl methyl sites for hydroxylation is 1. The molecule has 0 radical (unpaired) electrons. The van der Waals surface area contributed by atoms with Crippen molar-refractivity contribution >= 4 is 59.9 Å². The van der Waals surface area contributed by atoms with Gasteiger partial charge >= 0.3 is 0 Å². The van der Waals surface area contributed by atoms with E-state index < -0.39 is 33.4 Å². The number of carbonyl (C=O) groups is 2. The van der Waals surface area contributed by atoms with E-state index in [2.05, 4.69) is 6.07 Å². The SMILES string of the molecule is Cc1ccc2nc(-c3ccc(N4C(=O)CC(N(C(C)(C)C)S(=O)(=O)c5ccc6ccccc6c5)C4=O)cc3)sc2c1. The van der Waals surface area contributed by atoms with E-state index in [-0.39, 0.29) is 11.3 Å². The number of amides is 2. The molecule has 7 nitrogen and oxygen atoms in total. The Morgan fingerprint density at radius 2 is 1.61 bits per heavy atom. The maximum absolute atomic E-state index is 14.0. The quantitative estimate of drug-likeness (QED) is 0.219. The van der Waals surface area contributed by atoms with Crippen LogP contribution >= 0.6 is 11.3 Å². The highest BCUT2D eigenvalue weighted by Crippen LogP contribution is 2.36. The molecular formula is C32H29N3O4S2. The third-order valence-corrected chi connectivity index (χ3v) is 10.5. The van der Waals surface area contributed by atoms with Crippen molar-refractivity contribution in [1.29, 1.82) is 0 Å². The molecule has 5 aromatic rings. The van der Waals surface area contributed by atoms with Crippen LogP contribution in [-0.4, -0.2) is 41.1 Å². The van der Waals surface area contributed by atoms with Crippen LogP contribution in [0, 0.1) is 6.92 Å². The van der Waals surface area contributed by atoms with E-state index in [1.54, 1.807) is 62.4 Å². The van der Waals surface area contributed by atoms with Crippen LogP contribution in [0.4, 0.5) is 5.69 Å². The summed E-state index contributed by atoms with van der Waals surface area (Å²) in [6.07, 6.45) is -0.234. The van der Waals surface area contributed by atoms with Crippen molar-refractivity contribution in [1.82, 2.24) is 9.29 Å². The van der Waals surface area contributed by atoms with Crippen molar-refractivity contribution in [2.45, 2.75) is 50.6 Å². The highest BCUT2D eigenvalue weighted by Gasteiger charge is 2.50. The first-order valence-corrected chi connectivity index (χ1v) is 15.6. The zero-order valence-corrected chi connectivity index (χ0v) is 24.8. The number of hydrogen-bond acceptors (Lipinski definition) is 6. The number of thiazole rings is 1. The molecule has 0 aliphatic carbocycles. The second kappa shape index (κ2) is 9.87. The molecule has 208 valence electrons. The van der Waals surface area contributed by atoms with Crippen molar-refractivity contribution in [3.63, 3.8) is 0 Å². The third kappa shape index (κ3) is 4.84. The number of sulfonamides is 1. The van der Waals surface area contributed by atoms with Crippen molar-refractivity contribution < 1.29 is 18.0 Å². The zero-order valence-electron chi connectivity index (χ0n) is 23.2. The van der Waals surface area contributed by atoms with Gasteiger partial charge in [-0.05, 0) is 92.6 Å². The van der Waals surface area contributed by atoms with Crippen LogP contribution in [-0.2, 0) is 19.6 Å². The van der Waals surface area contributed by atoms with Gasteiger partial charge in [0.05, 0.1) is 27.2 Å². The predicted octanol–water partition coefficient (Wildman–Crippen LogP) is 6.55. The molecule has 0 saturated carbocycles. The van der Waals surface area contributed by atoms with E-state index in [1.807, 2.05) is 55.5 Å². The van der Waals surface area contributed by atoms with Crippen LogP contribution in [0.25, 0.3) is 31.6 Å². The summed E-state index contributed by atoms with van der Waals surface area (Å²) in [6.45, 7) is 7.25. The summed E-state index contributed by atoms with van der Waals surface area (Å²) in [7, 11) is -4.13. The number of nitrogens with zero attached hydrogens (tertiary/aromatic N) is 3.